The van der Waals surface area contributed by atoms with E-state index in [0.29, 0.717) is 31.7 Å². The van der Waals surface area contributed by atoms with Crippen LogP contribution in [0.3, 0.4) is 0 Å². The molecular formula is C41H56N8O2S. The highest BCUT2D eigenvalue weighted by atomic mass is 32.3. The maximum Gasteiger partial charge on any atom is 0.234 e. The topological polar surface area (TPSA) is 98.8 Å². The van der Waals surface area contributed by atoms with Gasteiger partial charge in [-0.05, 0) is 73.2 Å². The third-order valence-corrected chi connectivity index (χ3v) is 14.1. The van der Waals surface area contributed by atoms with E-state index >= 15 is 0 Å². The maximum absolute atomic E-state index is 12.8. The normalized spacial score (nSPS) is 17.6. The zero-order chi connectivity index (χ0) is 36.6. The number of benzene rings is 2. The summed E-state index contributed by atoms with van der Waals surface area (Å²) in [6.45, 7) is 14.2. The molecule has 10 nitrogen and oxygen atoms in total. The SMILES string of the molecule is CC(C)(C)S(C)(C)OCc1cccc(Nc2nccc(-c3ccc(N4CCCC4CCNC(=O)CN4CCN(Cc5ccccc5)CC4)nc3)n2)c1. The molecule has 0 bridgehead atoms. The number of nitrogens with one attached hydrogen (secondary N) is 2. The van der Waals surface area contributed by atoms with Crippen molar-refractivity contribution in [3.8, 4) is 11.3 Å². The molecule has 1 unspecified atom stereocenters. The molecule has 6 rings (SSSR count). The molecule has 2 aliphatic rings. The summed E-state index contributed by atoms with van der Waals surface area (Å²) < 4.78 is 6.49. The Balaban J connectivity index is 0.958. The largest absolute Gasteiger partial charge is 0.355 e. The minimum Gasteiger partial charge on any atom is -0.355 e. The van der Waals surface area contributed by atoms with Crippen molar-refractivity contribution in [2.24, 2.45) is 0 Å². The number of nitrogens with zero attached hydrogens (tertiary/aromatic N) is 6. The van der Waals surface area contributed by atoms with Gasteiger partial charge < -0.3 is 19.7 Å². The van der Waals surface area contributed by atoms with Gasteiger partial charge in [-0.1, -0.05) is 63.2 Å². The molecule has 2 aliphatic heterocycles. The number of anilines is 3. The van der Waals surface area contributed by atoms with Crippen LogP contribution in [0.5, 0.6) is 0 Å². The standard InChI is InChI=1S/C41H56N8O2S/c1-41(2,3)52(4,5)51-31-33-13-9-14-35(27-33)45-40-43-21-19-37(46-40)34-16-17-38(44-28-34)49-22-10-15-36(49)18-20-42-39(50)30-48-25-23-47(24-26-48)29-32-11-7-6-8-12-32/h6-9,11-14,16-17,19,21,27-28,36H,10,15,18,20,22-26,29-31H2,1-5H3,(H,42,50)(H,43,45,46). The highest BCUT2D eigenvalue weighted by molar-refractivity contribution is 8.29. The van der Waals surface area contributed by atoms with E-state index in [-0.39, 0.29) is 10.7 Å². The maximum atomic E-state index is 12.8. The third kappa shape index (κ3) is 10.3. The van der Waals surface area contributed by atoms with Crippen molar-refractivity contribution < 1.29 is 8.98 Å². The summed E-state index contributed by atoms with van der Waals surface area (Å²) in [5.41, 5.74) is 5.12. The highest BCUT2D eigenvalue weighted by Gasteiger charge is 2.29. The highest BCUT2D eigenvalue weighted by Crippen LogP contribution is 2.54. The predicted octanol–water partition coefficient (Wildman–Crippen LogP) is 6.87. The summed E-state index contributed by atoms with van der Waals surface area (Å²) in [5.74, 6) is 1.62. The molecule has 11 heteroatoms. The zero-order valence-electron chi connectivity index (χ0n) is 31.6. The average molecular weight is 725 g/mol. The van der Waals surface area contributed by atoms with Gasteiger partial charge in [0.25, 0.3) is 0 Å². The van der Waals surface area contributed by atoms with Gasteiger partial charge >= 0.3 is 0 Å². The molecule has 2 aromatic carbocycles. The lowest BCUT2D eigenvalue weighted by Gasteiger charge is -2.43. The number of rotatable bonds is 14. The Morgan fingerprint density at radius 1 is 0.904 bits per heavy atom. The Hall–Kier alpha value is -4.03. The number of aromatic nitrogens is 3. The van der Waals surface area contributed by atoms with Crippen LogP contribution in [0.1, 0.15) is 51.2 Å². The number of carbonyl (C=O) groups excluding carboxylic acids is 1. The Morgan fingerprint density at radius 3 is 2.42 bits per heavy atom. The molecule has 4 heterocycles. The number of hydrogen-bond donors (Lipinski definition) is 2. The summed E-state index contributed by atoms with van der Waals surface area (Å²) >= 11 is 0. The van der Waals surface area contributed by atoms with Gasteiger partial charge in [0.2, 0.25) is 11.9 Å². The molecule has 278 valence electrons. The summed E-state index contributed by atoms with van der Waals surface area (Å²) in [7, 11) is -1.21. The number of piperazine rings is 1. The van der Waals surface area contributed by atoms with Crippen molar-refractivity contribution >= 4 is 33.7 Å². The van der Waals surface area contributed by atoms with Crippen molar-refractivity contribution in [3.63, 3.8) is 0 Å². The van der Waals surface area contributed by atoms with Crippen LogP contribution in [0.2, 0.25) is 0 Å². The number of pyridine rings is 1. The second-order valence-electron chi connectivity index (χ2n) is 15.3. The molecule has 0 radical (unpaired) electrons. The Bertz CT molecular complexity index is 1740. The first kappa shape index (κ1) is 37.7. The average Bonchev–Trinajstić information content (AvgIpc) is 3.60. The summed E-state index contributed by atoms with van der Waals surface area (Å²) in [4.78, 5) is 34.1. The van der Waals surface area contributed by atoms with Crippen LogP contribution in [0.25, 0.3) is 11.3 Å². The lowest BCUT2D eigenvalue weighted by molar-refractivity contribution is -0.122. The predicted molar refractivity (Wildman–Crippen MR) is 215 cm³/mol. The van der Waals surface area contributed by atoms with Crippen LogP contribution in [-0.4, -0.2) is 99.8 Å². The van der Waals surface area contributed by atoms with E-state index in [1.165, 1.54) is 5.56 Å². The summed E-state index contributed by atoms with van der Waals surface area (Å²) in [6.07, 6.45) is 11.3. The van der Waals surface area contributed by atoms with E-state index in [9.17, 15) is 4.79 Å². The quantitative estimate of drug-likeness (QED) is 0.144. The number of amides is 1. The second kappa shape index (κ2) is 17.2. The van der Waals surface area contributed by atoms with Crippen LogP contribution in [0, 0.1) is 0 Å². The van der Waals surface area contributed by atoms with Gasteiger partial charge in [-0.3, -0.25) is 14.6 Å². The van der Waals surface area contributed by atoms with Gasteiger partial charge in [0.1, 0.15) is 5.82 Å². The summed E-state index contributed by atoms with van der Waals surface area (Å²) in [5, 5.41) is 6.56. The van der Waals surface area contributed by atoms with Gasteiger partial charge in [0.05, 0.1) is 18.8 Å². The zero-order valence-corrected chi connectivity index (χ0v) is 32.4. The monoisotopic (exact) mass is 724 g/mol. The van der Waals surface area contributed by atoms with Crippen molar-refractivity contribution in [1.29, 1.82) is 0 Å². The smallest absolute Gasteiger partial charge is 0.234 e. The van der Waals surface area contributed by atoms with Gasteiger partial charge in [-0.15, -0.1) is 10.3 Å². The first-order valence-corrected chi connectivity index (χ1v) is 20.9. The van der Waals surface area contributed by atoms with Crippen LogP contribution >= 0.6 is 10.3 Å². The van der Waals surface area contributed by atoms with Gasteiger partial charge in [-0.25, -0.2) is 15.0 Å². The molecule has 4 aromatic rings. The lowest BCUT2D eigenvalue weighted by Crippen LogP contribution is -2.49. The minimum atomic E-state index is -1.21. The fourth-order valence-corrected chi connectivity index (χ4v) is 7.35. The van der Waals surface area contributed by atoms with Crippen LogP contribution in [0.15, 0.2) is 85.2 Å². The molecule has 1 atom stereocenters. The van der Waals surface area contributed by atoms with Crippen molar-refractivity contribution in [2.45, 2.75) is 64.0 Å². The fraction of sp³-hybridized carbons (Fsp3) is 0.463. The van der Waals surface area contributed by atoms with Crippen LogP contribution < -0.4 is 15.5 Å². The summed E-state index contributed by atoms with van der Waals surface area (Å²) in [6, 6.07) is 25.3. The Labute approximate surface area is 311 Å². The van der Waals surface area contributed by atoms with E-state index in [1.807, 2.05) is 24.4 Å². The Kier molecular flexibility index (Phi) is 12.5. The van der Waals surface area contributed by atoms with E-state index in [4.69, 9.17) is 14.2 Å². The molecule has 2 aromatic heterocycles. The van der Waals surface area contributed by atoms with E-state index in [1.54, 1.807) is 6.20 Å². The minimum absolute atomic E-state index is 0.111. The molecule has 52 heavy (non-hydrogen) atoms. The molecule has 0 saturated carbocycles. The van der Waals surface area contributed by atoms with E-state index < -0.39 is 10.3 Å². The van der Waals surface area contributed by atoms with Crippen LogP contribution in [-0.2, 0) is 22.1 Å². The molecule has 2 N–H and O–H groups in total. The van der Waals surface area contributed by atoms with Gasteiger partial charge in [0.15, 0.2) is 0 Å². The van der Waals surface area contributed by atoms with Crippen molar-refractivity contribution in [3.05, 3.63) is 96.3 Å². The molecule has 1 amide bonds. The third-order valence-electron chi connectivity index (χ3n) is 10.4. The van der Waals surface area contributed by atoms with Crippen molar-refractivity contribution in [1.82, 2.24) is 30.1 Å². The molecule has 2 fully saturated rings. The lowest BCUT2D eigenvalue weighted by atomic mass is 10.1. The van der Waals surface area contributed by atoms with E-state index in [2.05, 4.69) is 118 Å². The fourth-order valence-electron chi connectivity index (χ4n) is 6.57. The number of hydrogen-bond acceptors (Lipinski definition) is 9. The molecule has 2 saturated heterocycles. The molecule has 0 aliphatic carbocycles. The van der Waals surface area contributed by atoms with Crippen molar-refractivity contribution in [2.75, 3.05) is 68.5 Å². The van der Waals surface area contributed by atoms with Crippen LogP contribution in [0.4, 0.5) is 17.5 Å². The van der Waals surface area contributed by atoms with Gasteiger partial charge in [-0.2, -0.15) is 0 Å². The molecular weight excluding hydrogens is 669 g/mol. The molecule has 0 spiro atoms. The van der Waals surface area contributed by atoms with E-state index in [0.717, 1.165) is 86.9 Å². The van der Waals surface area contributed by atoms with Gasteiger partial charge in [0, 0.05) is 80.2 Å². The Morgan fingerprint density at radius 2 is 1.67 bits per heavy atom. The first-order valence-electron chi connectivity index (χ1n) is 18.6. The second-order valence-corrected chi connectivity index (χ2v) is 19.2. The first-order chi connectivity index (χ1) is 25.0. The number of carbonyl (C=O) groups is 1.